The van der Waals surface area contributed by atoms with Gasteiger partial charge in [-0.15, -0.1) is 0 Å². The molecule has 5 heteroatoms. The highest BCUT2D eigenvalue weighted by molar-refractivity contribution is 6.31. The minimum absolute atomic E-state index is 0.00659. The summed E-state index contributed by atoms with van der Waals surface area (Å²) in [6, 6.07) is 0. The van der Waals surface area contributed by atoms with Crippen molar-refractivity contribution in [2.24, 2.45) is 0 Å². The largest absolute Gasteiger partial charge is 0.350 e. The lowest BCUT2D eigenvalue weighted by Crippen LogP contribution is -2.21. The summed E-state index contributed by atoms with van der Waals surface area (Å²) >= 11 is 5.92. The predicted molar refractivity (Wildman–Crippen MR) is 55.0 cm³/mol. The average Bonchev–Trinajstić information content (AvgIpc) is 2.55. The number of rotatable bonds is 4. The molecule has 0 saturated heterocycles. The lowest BCUT2D eigenvalue weighted by molar-refractivity contribution is -0.120. The highest BCUT2D eigenvalue weighted by Gasteiger charge is 2.06. The van der Waals surface area contributed by atoms with E-state index in [1.165, 1.54) is 0 Å². The monoisotopic (exact) mass is 215 g/mol. The summed E-state index contributed by atoms with van der Waals surface area (Å²) < 4.78 is 1.75. The molecule has 0 aliphatic carbocycles. The second kappa shape index (κ2) is 5.00. The van der Waals surface area contributed by atoms with Gasteiger partial charge in [0.15, 0.2) is 0 Å². The molecule has 1 rings (SSSR count). The quantitative estimate of drug-likeness (QED) is 0.829. The van der Waals surface area contributed by atoms with E-state index in [4.69, 9.17) is 11.6 Å². The molecule has 0 unspecified atom stereocenters. The molecular weight excluding hydrogens is 202 g/mol. The average molecular weight is 216 g/mol. The Labute approximate surface area is 88.2 Å². The number of hydrogen-bond acceptors (Lipinski definition) is 2. The maximum atomic E-state index is 11.0. The van der Waals surface area contributed by atoms with Crippen LogP contribution in [-0.4, -0.2) is 15.7 Å². The lowest BCUT2D eigenvalue weighted by Gasteiger charge is -2.00. The van der Waals surface area contributed by atoms with Crippen LogP contribution in [0, 0.1) is 0 Å². The van der Waals surface area contributed by atoms with E-state index in [0.29, 0.717) is 18.0 Å². The molecule has 0 fully saturated rings. The highest BCUT2D eigenvalue weighted by atomic mass is 35.5. The Morgan fingerprint density at radius 3 is 2.86 bits per heavy atom. The molecule has 0 aliphatic heterocycles. The number of nitrogens with one attached hydrogen (secondary N) is 1. The van der Waals surface area contributed by atoms with Crippen molar-refractivity contribution >= 4 is 17.5 Å². The molecule has 1 aromatic rings. The Hall–Kier alpha value is -1.03. The third-order valence-corrected chi connectivity index (χ3v) is 2.20. The van der Waals surface area contributed by atoms with Gasteiger partial charge in [-0.05, 0) is 6.92 Å². The molecule has 1 N–H and O–H groups in total. The van der Waals surface area contributed by atoms with E-state index >= 15 is 0 Å². The van der Waals surface area contributed by atoms with Crippen molar-refractivity contribution < 1.29 is 4.79 Å². The summed E-state index contributed by atoms with van der Waals surface area (Å²) in [5.74, 6) is 0.00659. The minimum atomic E-state index is 0.00659. The van der Waals surface area contributed by atoms with Crippen LogP contribution in [0.2, 0.25) is 5.02 Å². The Bertz CT molecular complexity index is 322. The molecule has 0 aromatic carbocycles. The Morgan fingerprint density at radius 2 is 2.36 bits per heavy atom. The molecule has 78 valence electrons. The number of aryl methyl sites for hydroxylation is 1. The van der Waals surface area contributed by atoms with Gasteiger partial charge in [-0.25, -0.2) is 0 Å². The zero-order valence-electron chi connectivity index (χ0n) is 8.38. The van der Waals surface area contributed by atoms with Crippen LogP contribution >= 0.6 is 11.6 Å². The zero-order chi connectivity index (χ0) is 10.6. The van der Waals surface area contributed by atoms with Gasteiger partial charge in [0, 0.05) is 19.2 Å². The topological polar surface area (TPSA) is 46.9 Å². The van der Waals surface area contributed by atoms with Crippen molar-refractivity contribution in [1.82, 2.24) is 15.1 Å². The number of nitrogens with zero attached hydrogens (tertiary/aromatic N) is 2. The number of aromatic nitrogens is 2. The molecule has 0 saturated carbocycles. The molecular formula is C9H14ClN3O. The second-order valence-electron chi connectivity index (χ2n) is 2.91. The number of carbonyl (C=O) groups is 1. The van der Waals surface area contributed by atoms with E-state index in [2.05, 4.69) is 10.4 Å². The first-order chi connectivity index (χ1) is 6.67. The SMILES string of the molecule is CCC(=O)NCc1nn(CC)cc1Cl. The van der Waals surface area contributed by atoms with Crippen molar-refractivity contribution in [1.29, 1.82) is 0 Å². The number of carbonyl (C=O) groups excluding carboxylic acids is 1. The minimum Gasteiger partial charge on any atom is -0.350 e. The molecule has 0 aliphatic rings. The Kier molecular flexibility index (Phi) is 3.95. The summed E-state index contributed by atoms with van der Waals surface area (Å²) in [4.78, 5) is 11.0. The van der Waals surface area contributed by atoms with Gasteiger partial charge in [-0.2, -0.15) is 5.10 Å². The predicted octanol–water partition coefficient (Wildman–Crippen LogP) is 1.58. The van der Waals surface area contributed by atoms with Crippen LogP contribution in [0.4, 0.5) is 0 Å². The van der Waals surface area contributed by atoms with Crippen LogP contribution in [0.15, 0.2) is 6.20 Å². The van der Waals surface area contributed by atoms with Gasteiger partial charge in [0.25, 0.3) is 0 Å². The fourth-order valence-electron chi connectivity index (χ4n) is 1.03. The number of amides is 1. The fraction of sp³-hybridized carbons (Fsp3) is 0.556. The maximum absolute atomic E-state index is 11.0. The summed E-state index contributed by atoms with van der Waals surface area (Å²) in [5.41, 5.74) is 0.718. The van der Waals surface area contributed by atoms with Crippen molar-refractivity contribution in [3.8, 4) is 0 Å². The third-order valence-electron chi connectivity index (χ3n) is 1.89. The normalized spacial score (nSPS) is 10.2. The van der Waals surface area contributed by atoms with Gasteiger partial charge in [-0.3, -0.25) is 9.48 Å². The Balaban J connectivity index is 2.58. The van der Waals surface area contributed by atoms with Crippen LogP contribution in [0.1, 0.15) is 26.0 Å². The standard InChI is InChI=1S/C9H14ClN3O/c1-3-9(14)11-5-8-7(10)6-13(4-2)12-8/h6H,3-5H2,1-2H3,(H,11,14). The smallest absolute Gasteiger partial charge is 0.220 e. The van der Waals surface area contributed by atoms with Gasteiger partial charge in [0.05, 0.1) is 11.6 Å². The van der Waals surface area contributed by atoms with Crippen LogP contribution in [0.3, 0.4) is 0 Å². The third kappa shape index (κ3) is 2.73. The zero-order valence-corrected chi connectivity index (χ0v) is 9.14. The molecule has 0 atom stereocenters. The summed E-state index contributed by atoms with van der Waals surface area (Å²) in [5, 5.41) is 7.53. The van der Waals surface area contributed by atoms with Gasteiger partial charge in [-0.1, -0.05) is 18.5 Å². The highest BCUT2D eigenvalue weighted by Crippen LogP contribution is 2.13. The first-order valence-electron chi connectivity index (χ1n) is 4.65. The fourth-order valence-corrected chi connectivity index (χ4v) is 1.24. The molecule has 0 bridgehead atoms. The van der Waals surface area contributed by atoms with E-state index < -0.39 is 0 Å². The number of hydrogen-bond donors (Lipinski definition) is 1. The van der Waals surface area contributed by atoms with Gasteiger partial charge in [0.2, 0.25) is 5.91 Å². The van der Waals surface area contributed by atoms with E-state index in [9.17, 15) is 4.79 Å². The van der Waals surface area contributed by atoms with Crippen LogP contribution in [0.5, 0.6) is 0 Å². The molecule has 0 radical (unpaired) electrons. The van der Waals surface area contributed by atoms with Crippen molar-refractivity contribution in [3.63, 3.8) is 0 Å². The van der Waals surface area contributed by atoms with Crippen LogP contribution in [0.25, 0.3) is 0 Å². The molecule has 0 spiro atoms. The second-order valence-corrected chi connectivity index (χ2v) is 3.32. The van der Waals surface area contributed by atoms with E-state index in [1.807, 2.05) is 13.8 Å². The van der Waals surface area contributed by atoms with Gasteiger partial charge < -0.3 is 5.32 Å². The van der Waals surface area contributed by atoms with Gasteiger partial charge in [0.1, 0.15) is 5.69 Å². The molecule has 14 heavy (non-hydrogen) atoms. The first-order valence-corrected chi connectivity index (χ1v) is 5.03. The first kappa shape index (κ1) is 11.0. The molecule has 1 aromatic heterocycles. The lowest BCUT2D eigenvalue weighted by atomic mass is 10.4. The van der Waals surface area contributed by atoms with Crippen LogP contribution in [-0.2, 0) is 17.9 Å². The van der Waals surface area contributed by atoms with E-state index in [1.54, 1.807) is 10.9 Å². The molecule has 1 heterocycles. The van der Waals surface area contributed by atoms with Crippen LogP contribution < -0.4 is 5.32 Å². The summed E-state index contributed by atoms with van der Waals surface area (Å²) in [6.45, 7) is 4.97. The van der Waals surface area contributed by atoms with Crippen molar-refractivity contribution in [3.05, 3.63) is 16.9 Å². The van der Waals surface area contributed by atoms with Crippen molar-refractivity contribution in [2.45, 2.75) is 33.4 Å². The Morgan fingerprint density at radius 1 is 1.64 bits per heavy atom. The molecule has 1 amide bonds. The maximum Gasteiger partial charge on any atom is 0.220 e. The number of halogens is 1. The molecule has 4 nitrogen and oxygen atoms in total. The van der Waals surface area contributed by atoms with E-state index in [0.717, 1.165) is 12.2 Å². The van der Waals surface area contributed by atoms with E-state index in [-0.39, 0.29) is 5.91 Å². The van der Waals surface area contributed by atoms with Crippen molar-refractivity contribution in [2.75, 3.05) is 0 Å². The summed E-state index contributed by atoms with van der Waals surface area (Å²) in [6.07, 6.45) is 2.24. The van der Waals surface area contributed by atoms with Gasteiger partial charge >= 0.3 is 0 Å². The summed E-state index contributed by atoms with van der Waals surface area (Å²) in [7, 11) is 0.